The number of rotatable bonds is 8. The van der Waals surface area contributed by atoms with Gasteiger partial charge in [0.2, 0.25) is 0 Å². The molecule has 4 nitrogen and oxygen atoms in total. The van der Waals surface area contributed by atoms with E-state index in [2.05, 4.69) is 11.7 Å². The van der Waals surface area contributed by atoms with Crippen LogP contribution in [0.5, 0.6) is 5.75 Å². The van der Waals surface area contributed by atoms with Crippen LogP contribution in [0.15, 0.2) is 30.4 Å². The molecule has 0 fully saturated rings. The quantitative estimate of drug-likeness (QED) is 0.319. The van der Waals surface area contributed by atoms with Crippen LogP contribution >= 0.6 is 0 Å². The van der Waals surface area contributed by atoms with Crippen LogP contribution in [0.1, 0.15) is 32.6 Å². The number of carbonyl (C=O) groups excluding carboxylic acids is 2. The number of hydrogen-bond donors (Lipinski definition) is 0. The van der Waals surface area contributed by atoms with Crippen molar-refractivity contribution < 1.29 is 27.8 Å². The minimum atomic E-state index is -0.923. The summed E-state index contributed by atoms with van der Waals surface area (Å²) in [6, 6.07) is 2.38. The third kappa shape index (κ3) is 7.52. The van der Waals surface area contributed by atoms with Gasteiger partial charge >= 0.3 is 11.9 Å². The van der Waals surface area contributed by atoms with Gasteiger partial charge in [0, 0.05) is 30.4 Å². The van der Waals surface area contributed by atoms with E-state index >= 15 is 0 Å². The molecule has 0 amide bonds. The van der Waals surface area contributed by atoms with Gasteiger partial charge in [0.05, 0.1) is 6.61 Å². The number of halogens is 2. The van der Waals surface area contributed by atoms with Crippen molar-refractivity contribution in [1.29, 1.82) is 0 Å². The van der Waals surface area contributed by atoms with Crippen molar-refractivity contribution >= 4 is 11.9 Å². The summed E-state index contributed by atoms with van der Waals surface area (Å²) in [5.41, 5.74) is 0. The molecule has 0 heterocycles. The molecule has 1 aromatic rings. The van der Waals surface area contributed by atoms with E-state index in [9.17, 15) is 18.4 Å². The van der Waals surface area contributed by atoms with E-state index in [4.69, 9.17) is 4.74 Å². The molecule has 0 aliphatic heterocycles. The molecule has 0 unspecified atom stereocenters. The van der Waals surface area contributed by atoms with Crippen molar-refractivity contribution in [3.05, 3.63) is 42.0 Å². The Bertz CT molecular complexity index is 521. The van der Waals surface area contributed by atoms with E-state index in [1.807, 2.05) is 0 Å². The van der Waals surface area contributed by atoms with Crippen molar-refractivity contribution in [2.75, 3.05) is 6.61 Å². The van der Waals surface area contributed by atoms with Crippen LogP contribution in [-0.4, -0.2) is 18.5 Å². The fraction of sp³-hybridized carbons (Fsp3) is 0.375. The Labute approximate surface area is 127 Å². The molecule has 0 aliphatic carbocycles. The van der Waals surface area contributed by atoms with E-state index in [1.54, 1.807) is 0 Å². The van der Waals surface area contributed by atoms with Crippen molar-refractivity contribution in [3.63, 3.8) is 0 Å². The molecule has 1 rings (SSSR count). The topological polar surface area (TPSA) is 52.6 Å². The Balaban J connectivity index is 2.35. The summed E-state index contributed by atoms with van der Waals surface area (Å²) < 4.78 is 35.3. The zero-order valence-electron chi connectivity index (χ0n) is 12.3. The third-order valence-corrected chi connectivity index (χ3v) is 2.65. The lowest BCUT2D eigenvalue weighted by atomic mass is 10.2. The summed E-state index contributed by atoms with van der Waals surface area (Å²) in [7, 11) is 0. The molecule has 22 heavy (non-hydrogen) atoms. The van der Waals surface area contributed by atoms with Crippen LogP contribution < -0.4 is 4.74 Å². The van der Waals surface area contributed by atoms with Gasteiger partial charge in [-0.1, -0.05) is 26.2 Å². The van der Waals surface area contributed by atoms with E-state index in [0.717, 1.165) is 50.0 Å². The number of esters is 2. The Morgan fingerprint density at radius 1 is 1.00 bits per heavy atom. The SMILES string of the molecule is CCCCCCOC(=O)/C=C/C(=O)Oc1cc(F)cc(F)c1. The van der Waals surface area contributed by atoms with E-state index in [-0.39, 0.29) is 12.4 Å². The highest BCUT2D eigenvalue weighted by atomic mass is 19.1. The predicted octanol–water partition coefficient (Wildman–Crippen LogP) is 3.55. The Hall–Kier alpha value is -2.24. The standard InChI is InChI=1S/C16H18F2O4/c1-2-3-4-5-8-21-15(19)6-7-16(20)22-14-10-12(17)9-13(18)11-14/h6-7,9-11H,2-5,8H2,1H3/b7-6+. The van der Waals surface area contributed by atoms with Crippen molar-refractivity contribution in [3.8, 4) is 5.75 Å². The minimum absolute atomic E-state index is 0.278. The monoisotopic (exact) mass is 312 g/mol. The van der Waals surface area contributed by atoms with Crippen molar-refractivity contribution in [2.24, 2.45) is 0 Å². The summed E-state index contributed by atoms with van der Waals surface area (Å²) in [4.78, 5) is 22.7. The molecule has 0 aromatic heterocycles. The number of benzene rings is 1. The van der Waals surface area contributed by atoms with E-state index < -0.39 is 23.6 Å². The summed E-state index contributed by atoms with van der Waals surface area (Å²) in [5, 5.41) is 0. The summed E-state index contributed by atoms with van der Waals surface area (Å²) in [5.74, 6) is -3.59. The van der Waals surface area contributed by atoms with Gasteiger partial charge < -0.3 is 9.47 Å². The Morgan fingerprint density at radius 3 is 2.27 bits per heavy atom. The third-order valence-electron chi connectivity index (χ3n) is 2.65. The number of ether oxygens (including phenoxy) is 2. The zero-order chi connectivity index (χ0) is 16.4. The molecule has 0 atom stereocenters. The first-order valence-electron chi connectivity index (χ1n) is 7.04. The maximum atomic E-state index is 12.9. The van der Waals surface area contributed by atoms with Gasteiger partial charge in [0.1, 0.15) is 17.4 Å². The second-order valence-corrected chi connectivity index (χ2v) is 4.59. The van der Waals surface area contributed by atoms with Crippen LogP contribution in [0.25, 0.3) is 0 Å². The van der Waals surface area contributed by atoms with Crippen molar-refractivity contribution in [2.45, 2.75) is 32.6 Å². The molecule has 0 saturated heterocycles. The molecule has 0 N–H and O–H groups in total. The highest BCUT2D eigenvalue weighted by Gasteiger charge is 2.06. The van der Waals surface area contributed by atoms with Crippen LogP contribution in [0.3, 0.4) is 0 Å². The number of carbonyl (C=O) groups is 2. The lowest BCUT2D eigenvalue weighted by Crippen LogP contribution is -2.07. The second kappa shape index (κ2) is 9.65. The minimum Gasteiger partial charge on any atom is -0.463 e. The molecule has 0 aliphatic rings. The Morgan fingerprint density at radius 2 is 1.64 bits per heavy atom. The largest absolute Gasteiger partial charge is 0.463 e. The molecule has 120 valence electrons. The van der Waals surface area contributed by atoms with E-state index in [0.29, 0.717) is 6.07 Å². The average Bonchev–Trinajstić information content (AvgIpc) is 2.44. The van der Waals surface area contributed by atoms with Crippen LogP contribution in [0.4, 0.5) is 8.78 Å². The summed E-state index contributed by atoms with van der Waals surface area (Å²) in [6.07, 6.45) is 5.65. The molecule has 0 bridgehead atoms. The lowest BCUT2D eigenvalue weighted by molar-refractivity contribution is -0.138. The fourth-order valence-corrected chi connectivity index (χ4v) is 1.62. The molecule has 0 saturated carbocycles. The van der Waals surface area contributed by atoms with Gasteiger partial charge in [-0.3, -0.25) is 0 Å². The van der Waals surface area contributed by atoms with Crippen molar-refractivity contribution in [1.82, 2.24) is 0 Å². The van der Waals surface area contributed by atoms with Gasteiger partial charge in [-0.25, -0.2) is 18.4 Å². The normalized spacial score (nSPS) is 10.7. The van der Waals surface area contributed by atoms with Crippen LogP contribution in [-0.2, 0) is 14.3 Å². The zero-order valence-corrected chi connectivity index (χ0v) is 12.3. The summed E-state index contributed by atoms with van der Waals surface area (Å²) >= 11 is 0. The molecular weight excluding hydrogens is 294 g/mol. The Kier molecular flexibility index (Phi) is 7.81. The molecule has 6 heteroatoms. The van der Waals surface area contributed by atoms with E-state index in [1.165, 1.54) is 0 Å². The highest BCUT2D eigenvalue weighted by Crippen LogP contribution is 2.15. The van der Waals surface area contributed by atoms with Crippen LogP contribution in [0.2, 0.25) is 0 Å². The van der Waals surface area contributed by atoms with Gasteiger partial charge in [0.15, 0.2) is 0 Å². The first-order valence-corrected chi connectivity index (χ1v) is 7.04. The van der Waals surface area contributed by atoms with Gasteiger partial charge in [0.25, 0.3) is 0 Å². The number of unbranched alkanes of at least 4 members (excludes halogenated alkanes) is 3. The predicted molar refractivity (Wildman–Crippen MR) is 76.2 cm³/mol. The number of hydrogen-bond acceptors (Lipinski definition) is 4. The fourth-order valence-electron chi connectivity index (χ4n) is 1.62. The highest BCUT2D eigenvalue weighted by molar-refractivity contribution is 5.92. The van der Waals surface area contributed by atoms with Gasteiger partial charge in [-0.05, 0) is 6.42 Å². The molecule has 0 spiro atoms. The van der Waals surface area contributed by atoms with Crippen LogP contribution in [0, 0.1) is 11.6 Å². The molecule has 0 radical (unpaired) electrons. The average molecular weight is 312 g/mol. The first kappa shape index (κ1) is 17.8. The lowest BCUT2D eigenvalue weighted by Gasteiger charge is -2.02. The van der Waals surface area contributed by atoms with Gasteiger partial charge in [-0.2, -0.15) is 0 Å². The molecular formula is C16H18F2O4. The summed E-state index contributed by atoms with van der Waals surface area (Å²) in [6.45, 7) is 2.36. The first-order chi connectivity index (χ1) is 10.5. The maximum Gasteiger partial charge on any atom is 0.336 e. The second-order valence-electron chi connectivity index (χ2n) is 4.59. The smallest absolute Gasteiger partial charge is 0.336 e. The molecule has 1 aromatic carbocycles. The maximum absolute atomic E-state index is 12.9. The van der Waals surface area contributed by atoms with Gasteiger partial charge in [-0.15, -0.1) is 0 Å².